The van der Waals surface area contributed by atoms with Crippen molar-refractivity contribution >= 4 is 40.7 Å². The maximum atomic E-state index is 11.5. The molecule has 0 atom stereocenters. The number of carboxylic acid groups (broad SMARTS) is 1. The van der Waals surface area contributed by atoms with Crippen LogP contribution in [0.25, 0.3) is 10.4 Å². The van der Waals surface area contributed by atoms with Gasteiger partial charge in [-0.2, -0.15) is 0 Å². The van der Waals surface area contributed by atoms with E-state index in [9.17, 15) is 14.7 Å². The van der Waals surface area contributed by atoms with Gasteiger partial charge in [-0.05, 0) is 23.8 Å². The summed E-state index contributed by atoms with van der Waals surface area (Å²) in [5.74, 6) is -1.12. The third-order valence-corrected chi connectivity index (χ3v) is 4.05. The molecule has 5 nitrogen and oxygen atoms in total. The van der Waals surface area contributed by atoms with Crippen molar-refractivity contribution in [2.45, 2.75) is 0 Å². The van der Waals surface area contributed by atoms with Crippen molar-refractivity contribution in [2.24, 2.45) is 0 Å². The molecule has 7 heteroatoms. The summed E-state index contributed by atoms with van der Waals surface area (Å²) in [7, 11) is 0. The second-order valence-electron chi connectivity index (χ2n) is 4.18. The summed E-state index contributed by atoms with van der Waals surface area (Å²) >= 11 is 6.89. The molecule has 2 rings (SSSR count). The van der Waals surface area contributed by atoms with E-state index in [0.717, 1.165) is 16.9 Å². The van der Waals surface area contributed by atoms with Gasteiger partial charge in [0.05, 0.1) is 5.69 Å². The molecule has 0 fully saturated rings. The highest BCUT2D eigenvalue weighted by atomic mass is 35.5. The average Bonchev–Trinajstić information content (AvgIpc) is 2.90. The van der Waals surface area contributed by atoms with Crippen LogP contribution >= 0.6 is 22.9 Å². The number of hydrogen-bond acceptors (Lipinski definition) is 4. The zero-order valence-electron chi connectivity index (χ0n) is 11.3. The zero-order valence-corrected chi connectivity index (χ0v) is 12.9. The molecule has 1 amide bonds. The molecule has 1 heterocycles. The predicted octanol–water partition coefficient (Wildman–Crippen LogP) is 4.50. The Bertz CT molecular complexity index is 709. The molecule has 2 N–H and O–H groups in total. The number of ether oxygens (including phenoxy) is 1. The molecule has 0 spiro atoms. The van der Waals surface area contributed by atoms with Crippen LogP contribution in [0.15, 0.2) is 43.0 Å². The monoisotopic (exact) mass is 337 g/mol. The van der Waals surface area contributed by atoms with Crippen LogP contribution in [-0.4, -0.2) is 23.8 Å². The van der Waals surface area contributed by atoms with E-state index in [1.54, 1.807) is 30.3 Å². The Morgan fingerprint density at radius 1 is 1.36 bits per heavy atom. The quantitative estimate of drug-likeness (QED) is 0.787. The minimum absolute atomic E-state index is 0.0282. The smallest absolute Gasteiger partial charge is 0.411 e. The molecular formula is C15H12ClNO4S. The number of carbonyl (C=O) groups is 2. The summed E-state index contributed by atoms with van der Waals surface area (Å²) < 4.78 is 4.79. The molecule has 1 aromatic heterocycles. The molecule has 0 saturated carbocycles. The van der Waals surface area contributed by atoms with E-state index in [2.05, 4.69) is 11.9 Å². The number of rotatable bonds is 5. The van der Waals surface area contributed by atoms with Crippen molar-refractivity contribution in [1.82, 2.24) is 0 Å². The lowest BCUT2D eigenvalue weighted by Crippen LogP contribution is -2.14. The van der Waals surface area contributed by atoms with Crippen molar-refractivity contribution in [1.29, 1.82) is 0 Å². The van der Waals surface area contributed by atoms with Crippen LogP contribution in [0.3, 0.4) is 0 Å². The summed E-state index contributed by atoms with van der Waals surface area (Å²) in [5.41, 5.74) is 1.00. The summed E-state index contributed by atoms with van der Waals surface area (Å²) in [6.45, 7) is 3.47. The molecule has 22 heavy (non-hydrogen) atoms. The highest BCUT2D eigenvalue weighted by molar-refractivity contribution is 7.18. The van der Waals surface area contributed by atoms with Gasteiger partial charge in [-0.3, -0.25) is 5.32 Å². The first-order valence-corrected chi connectivity index (χ1v) is 7.38. The normalized spacial score (nSPS) is 10.0. The Labute approximate surface area is 135 Å². The molecule has 0 bridgehead atoms. The van der Waals surface area contributed by atoms with Crippen molar-refractivity contribution in [3.63, 3.8) is 0 Å². The first-order chi connectivity index (χ1) is 10.5. The summed E-state index contributed by atoms with van der Waals surface area (Å²) in [6.07, 6.45) is 0.688. The van der Waals surface area contributed by atoms with E-state index >= 15 is 0 Å². The first kappa shape index (κ1) is 16.1. The molecule has 0 unspecified atom stereocenters. The lowest BCUT2D eigenvalue weighted by atomic mass is 10.2. The van der Waals surface area contributed by atoms with Gasteiger partial charge in [0.15, 0.2) is 0 Å². The average molecular weight is 338 g/mol. The Morgan fingerprint density at radius 2 is 2.05 bits per heavy atom. The Balaban J connectivity index is 2.29. The van der Waals surface area contributed by atoms with Gasteiger partial charge in [-0.25, -0.2) is 9.59 Å². The third kappa shape index (κ3) is 3.87. The number of thiophene rings is 1. The van der Waals surface area contributed by atoms with Crippen molar-refractivity contribution in [3.8, 4) is 10.4 Å². The Kier molecular flexibility index (Phi) is 5.19. The highest BCUT2D eigenvalue weighted by Gasteiger charge is 2.18. The SMILES string of the molecule is C=CCOC(=O)Nc1cc(-c2ccc(Cl)cc2)sc1C(=O)O. The fourth-order valence-corrected chi connectivity index (χ4v) is 2.76. The number of carbonyl (C=O) groups excluding carboxylic acids is 1. The minimum atomic E-state index is -1.12. The van der Waals surface area contributed by atoms with Crippen LogP contribution in [0.1, 0.15) is 9.67 Å². The minimum Gasteiger partial charge on any atom is -0.477 e. The third-order valence-electron chi connectivity index (χ3n) is 2.62. The maximum absolute atomic E-state index is 11.5. The fraction of sp³-hybridized carbons (Fsp3) is 0.0667. The van der Waals surface area contributed by atoms with Gasteiger partial charge in [0.25, 0.3) is 0 Å². The molecule has 1 aromatic carbocycles. The first-order valence-electron chi connectivity index (χ1n) is 6.19. The molecule has 114 valence electrons. The molecular weight excluding hydrogens is 326 g/mol. The number of anilines is 1. The molecule has 0 saturated heterocycles. The van der Waals surface area contributed by atoms with Gasteiger partial charge in [0.2, 0.25) is 0 Å². The van der Waals surface area contributed by atoms with Gasteiger partial charge < -0.3 is 9.84 Å². The lowest BCUT2D eigenvalue weighted by molar-refractivity contribution is 0.0703. The van der Waals surface area contributed by atoms with Gasteiger partial charge in [-0.1, -0.05) is 36.4 Å². The summed E-state index contributed by atoms with van der Waals surface area (Å²) in [5, 5.41) is 12.3. The number of halogens is 1. The van der Waals surface area contributed by atoms with Crippen LogP contribution in [0.5, 0.6) is 0 Å². The number of nitrogens with one attached hydrogen (secondary N) is 1. The predicted molar refractivity (Wildman–Crippen MR) is 86.9 cm³/mol. The number of aromatic carboxylic acids is 1. The van der Waals surface area contributed by atoms with Crippen LogP contribution in [0, 0.1) is 0 Å². The van der Waals surface area contributed by atoms with Crippen LogP contribution < -0.4 is 5.32 Å². The van der Waals surface area contributed by atoms with Crippen LogP contribution in [0.4, 0.5) is 10.5 Å². The van der Waals surface area contributed by atoms with Gasteiger partial charge in [0.1, 0.15) is 11.5 Å². The molecule has 0 aliphatic heterocycles. The van der Waals surface area contributed by atoms with E-state index < -0.39 is 12.1 Å². The second-order valence-corrected chi connectivity index (χ2v) is 5.67. The van der Waals surface area contributed by atoms with Crippen molar-refractivity contribution in [3.05, 3.63) is 52.9 Å². The molecule has 0 aliphatic carbocycles. The van der Waals surface area contributed by atoms with E-state index in [1.807, 2.05) is 0 Å². The van der Waals surface area contributed by atoms with Gasteiger partial charge in [0, 0.05) is 9.90 Å². The number of amides is 1. The fourth-order valence-electron chi connectivity index (χ4n) is 1.68. The Hall–Kier alpha value is -2.31. The van der Waals surface area contributed by atoms with E-state index in [1.165, 1.54) is 6.08 Å². The lowest BCUT2D eigenvalue weighted by Gasteiger charge is -2.03. The highest BCUT2D eigenvalue weighted by Crippen LogP contribution is 2.35. The molecule has 2 aromatic rings. The van der Waals surface area contributed by atoms with E-state index in [4.69, 9.17) is 16.3 Å². The van der Waals surface area contributed by atoms with E-state index in [0.29, 0.717) is 9.90 Å². The largest absolute Gasteiger partial charge is 0.477 e. The zero-order chi connectivity index (χ0) is 16.1. The molecule has 0 aliphatic rings. The van der Waals surface area contributed by atoms with Crippen molar-refractivity contribution < 1.29 is 19.4 Å². The van der Waals surface area contributed by atoms with Crippen LogP contribution in [-0.2, 0) is 4.74 Å². The van der Waals surface area contributed by atoms with E-state index in [-0.39, 0.29) is 17.2 Å². The maximum Gasteiger partial charge on any atom is 0.411 e. The second kappa shape index (κ2) is 7.11. The molecule has 0 radical (unpaired) electrons. The van der Waals surface area contributed by atoms with Gasteiger partial charge in [-0.15, -0.1) is 11.3 Å². The number of hydrogen-bond donors (Lipinski definition) is 2. The standard InChI is InChI=1S/C15H12ClNO4S/c1-2-7-21-15(20)17-11-8-12(22-13(11)14(18)19)9-3-5-10(16)6-4-9/h2-6,8H,1,7H2,(H,17,20)(H,18,19). The van der Waals surface area contributed by atoms with Crippen molar-refractivity contribution in [2.75, 3.05) is 11.9 Å². The summed E-state index contributed by atoms with van der Waals surface area (Å²) in [4.78, 5) is 23.6. The van der Waals surface area contributed by atoms with Crippen LogP contribution in [0.2, 0.25) is 5.02 Å². The number of carboxylic acids is 1. The Morgan fingerprint density at radius 3 is 2.64 bits per heavy atom. The summed E-state index contributed by atoms with van der Waals surface area (Å²) in [6, 6.07) is 8.57. The number of benzene rings is 1. The van der Waals surface area contributed by atoms with Gasteiger partial charge >= 0.3 is 12.1 Å². The topological polar surface area (TPSA) is 75.6 Å².